The zero-order valence-electron chi connectivity index (χ0n) is 9.49. The molecule has 2 rings (SSSR count). The third-order valence-electron chi connectivity index (χ3n) is 3.89. The van der Waals surface area contributed by atoms with Crippen molar-refractivity contribution in [2.45, 2.75) is 56.7 Å². The molecule has 2 fully saturated rings. The first-order valence-electron chi connectivity index (χ1n) is 6.31. The summed E-state index contributed by atoms with van der Waals surface area (Å²) in [5, 5.41) is 19.7. The van der Waals surface area contributed by atoms with Crippen LogP contribution in [0.1, 0.15) is 44.9 Å². The minimum Gasteiger partial charge on any atom is -0.392 e. The topological polar surface area (TPSA) is 43.7 Å². The van der Waals surface area contributed by atoms with Gasteiger partial charge < -0.3 is 15.1 Å². The Morgan fingerprint density at radius 1 is 1.13 bits per heavy atom. The van der Waals surface area contributed by atoms with Gasteiger partial charge in [0.1, 0.15) is 0 Å². The standard InChI is InChI=1S/C12H23NO2/c14-11(10-13-8-1-2-9-13)4-7-12(15)5-3-6-12/h11,14-15H,1-10H2. The van der Waals surface area contributed by atoms with Crippen LogP contribution in [0.4, 0.5) is 0 Å². The molecular weight excluding hydrogens is 190 g/mol. The van der Waals surface area contributed by atoms with E-state index in [1.54, 1.807) is 0 Å². The predicted molar refractivity (Wildman–Crippen MR) is 59.7 cm³/mol. The minimum atomic E-state index is -0.425. The summed E-state index contributed by atoms with van der Waals surface area (Å²) >= 11 is 0. The van der Waals surface area contributed by atoms with Crippen molar-refractivity contribution in [3.8, 4) is 0 Å². The Morgan fingerprint density at radius 3 is 2.33 bits per heavy atom. The number of hydrogen-bond acceptors (Lipinski definition) is 3. The zero-order chi connectivity index (χ0) is 10.7. The molecule has 15 heavy (non-hydrogen) atoms. The Morgan fingerprint density at radius 2 is 1.80 bits per heavy atom. The first kappa shape index (κ1) is 11.4. The maximum Gasteiger partial charge on any atom is 0.0668 e. The highest BCUT2D eigenvalue weighted by molar-refractivity contribution is 4.88. The Labute approximate surface area is 92.1 Å². The van der Waals surface area contributed by atoms with Crippen LogP contribution in [0.5, 0.6) is 0 Å². The van der Waals surface area contributed by atoms with Gasteiger partial charge in [-0.05, 0) is 58.0 Å². The molecule has 3 heteroatoms. The fourth-order valence-electron chi connectivity index (χ4n) is 2.62. The molecule has 0 aromatic rings. The van der Waals surface area contributed by atoms with Crippen LogP contribution in [-0.4, -0.2) is 46.5 Å². The molecule has 3 nitrogen and oxygen atoms in total. The van der Waals surface area contributed by atoms with E-state index in [1.807, 2.05) is 0 Å². The van der Waals surface area contributed by atoms with Gasteiger partial charge in [0.05, 0.1) is 11.7 Å². The van der Waals surface area contributed by atoms with E-state index in [4.69, 9.17) is 0 Å². The van der Waals surface area contributed by atoms with Crippen molar-refractivity contribution in [1.82, 2.24) is 4.90 Å². The highest BCUT2D eigenvalue weighted by Gasteiger charge is 2.34. The highest BCUT2D eigenvalue weighted by atomic mass is 16.3. The summed E-state index contributed by atoms with van der Waals surface area (Å²) in [6.07, 6.45) is 6.86. The maximum atomic E-state index is 9.90. The Kier molecular flexibility index (Phi) is 3.65. The zero-order valence-corrected chi connectivity index (χ0v) is 9.49. The van der Waals surface area contributed by atoms with E-state index in [0.29, 0.717) is 0 Å². The summed E-state index contributed by atoms with van der Waals surface area (Å²) in [5.74, 6) is 0. The third kappa shape index (κ3) is 3.16. The largest absolute Gasteiger partial charge is 0.392 e. The molecule has 0 bridgehead atoms. The summed E-state index contributed by atoms with van der Waals surface area (Å²) in [6, 6.07) is 0. The normalized spacial score (nSPS) is 27.6. The molecule has 1 heterocycles. The lowest BCUT2D eigenvalue weighted by Gasteiger charge is -2.37. The van der Waals surface area contributed by atoms with Gasteiger partial charge in [-0.1, -0.05) is 0 Å². The van der Waals surface area contributed by atoms with Gasteiger partial charge in [0.2, 0.25) is 0 Å². The third-order valence-corrected chi connectivity index (χ3v) is 3.89. The van der Waals surface area contributed by atoms with Crippen molar-refractivity contribution >= 4 is 0 Å². The number of aliphatic hydroxyl groups is 2. The number of rotatable bonds is 5. The molecule has 1 unspecified atom stereocenters. The lowest BCUT2D eigenvalue weighted by Crippen LogP contribution is -2.38. The van der Waals surface area contributed by atoms with Crippen molar-refractivity contribution in [2.24, 2.45) is 0 Å². The van der Waals surface area contributed by atoms with Gasteiger partial charge in [-0.3, -0.25) is 0 Å². The average Bonchev–Trinajstić information content (AvgIpc) is 2.64. The second-order valence-corrected chi connectivity index (χ2v) is 5.28. The molecule has 1 saturated carbocycles. The molecule has 88 valence electrons. The SMILES string of the molecule is OC(CCC1(O)CCC1)CN1CCCC1. The van der Waals surface area contributed by atoms with E-state index >= 15 is 0 Å². The van der Waals surface area contributed by atoms with E-state index < -0.39 is 5.60 Å². The molecular formula is C12H23NO2. The fourth-order valence-corrected chi connectivity index (χ4v) is 2.62. The molecule has 0 amide bonds. The van der Waals surface area contributed by atoms with Crippen LogP contribution >= 0.6 is 0 Å². The number of aliphatic hydroxyl groups excluding tert-OH is 1. The monoisotopic (exact) mass is 213 g/mol. The van der Waals surface area contributed by atoms with Gasteiger partial charge in [-0.2, -0.15) is 0 Å². The van der Waals surface area contributed by atoms with Gasteiger partial charge in [-0.15, -0.1) is 0 Å². The Balaban J connectivity index is 1.61. The van der Waals surface area contributed by atoms with Crippen LogP contribution in [0.3, 0.4) is 0 Å². The maximum absolute atomic E-state index is 9.90. The number of hydrogen-bond donors (Lipinski definition) is 2. The van der Waals surface area contributed by atoms with Crippen LogP contribution in [0.15, 0.2) is 0 Å². The van der Waals surface area contributed by atoms with Crippen LogP contribution in [-0.2, 0) is 0 Å². The second-order valence-electron chi connectivity index (χ2n) is 5.28. The highest BCUT2D eigenvalue weighted by Crippen LogP contribution is 2.35. The smallest absolute Gasteiger partial charge is 0.0668 e. The second kappa shape index (κ2) is 4.81. The summed E-state index contributed by atoms with van der Waals surface area (Å²) in [7, 11) is 0. The van der Waals surface area contributed by atoms with E-state index in [-0.39, 0.29) is 6.10 Å². The Hall–Kier alpha value is -0.120. The van der Waals surface area contributed by atoms with Crippen molar-refractivity contribution in [3.63, 3.8) is 0 Å². The molecule has 2 N–H and O–H groups in total. The summed E-state index contributed by atoms with van der Waals surface area (Å²) in [5.41, 5.74) is -0.425. The van der Waals surface area contributed by atoms with E-state index in [0.717, 1.165) is 51.7 Å². The first-order chi connectivity index (χ1) is 7.18. The van der Waals surface area contributed by atoms with Gasteiger partial charge in [0.25, 0.3) is 0 Å². The number of nitrogens with zero attached hydrogens (tertiary/aromatic N) is 1. The molecule has 0 radical (unpaired) electrons. The molecule has 0 spiro atoms. The minimum absolute atomic E-state index is 0.243. The predicted octanol–water partition coefficient (Wildman–Crippen LogP) is 1.14. The van der Waals surface area contributed by atoms with E-state index in [9.17, 15) is 10.2 Å². The first-order valence-corrected chi connectivity index (χ1v) is 6.31. The molecule has 2 aliphatic rings. The quantitative estimate of drug-likeness (QED) is 0.719. The van der Waals surface area contributed by atoms with Crippen molar-refractivity contribution in [2.75, 3.05) is 19.6 Å². The van der Waals surface area contributed by atoms with Crippen LogP contribution in [0.25, 0.3) is 0 Å². The van der Waals surface area contributed by atoms with Gasteiger partial charge in [-0.25, -0.2) is 0 Å². The van der Waals surface area contributed by atoms with Crippen LogP contribution in [0, 0.1) is 0 Å². The van der Waals surface area contributed by atoms with Crippen LogP contribution in [0.2, 0.25) is 0 Å². The van der Waals surface area contributed by atoms with Crippen molar-refractivity contribution < 1.29 is 10.2 Å². The lowest BCUT2D eigenvalue weighted by molar-refractivity contribution is -0.0507. The van der Waals surface area contributed by atoms with Gasteiger partial charge >= 0.3 is 0 Å². The summed E-state index contributed by atoms with van der Waals surface area (Å²) in [4.78, 5) is 2.33. The fraction of sp³-hybridized carbons (Fsp3) is 1.00. The summed E-state index contributed by atoms with van der Waals surface area (Å²) < 4.78 is 0. The molecule has 1 saturated heterocycles. The van der Waals surface area contributed by atoms with Crippen molar-refractivity contribution in [3.05, 3.63) is 0 Å². The molecule has 1 aliphatic carbocycles. The number of β-amino-alcohol motifs (C(OH)–C–C–N with tert-alkyl or cyclic N) is 1. The number of likely N-dealkylation sites (tertiary alicyclic amines) is 1. The molecule has 1 atom stereocenters. The average molecular weight is 213 g/mol. The summed E-state index contributed by atoms with van der Waals surface area (Å²) in [6.45, 7) is 3.08. The molecule has 1 aliphatic heterocycles. The lowest BCUT2D eigenvalue weighted by atomic mass is 9.76. The van der Waals surface area contributed by atoms with Crippen molar-refractivity contribution in [1.29, 1.82) is 0 Å². The van der Waals surface area contributed by atoms with E-state index in [2.05, 4.69) is 4.90 Å². The van der Waals surface area contributed by atoms with Gasteiger partial charge in [0.15, 0.2) is 0 Å². The Bertz CT molecular complexity index is 198. The molecule has 0 aromatic heterocycles. The van der Waals surface area contributed by atoms with Gasteiger partial charge in [0, 0.05) is 6.54 Å². The molecule has 0 aromatic carbocycles. The van der Waals surface area contributed by atoms with Crippen LogP contribution < -0.4 is 0 Å². The van der Waals surface area contributed by atoms with E-state index in [1.165, 1.54) is 12.8 Å².